The van der Waals surface area contributed by atoms with Gasteiger partial charge < -0.3 is 5.32 Å². The highest BCUT2D eigenvalue weighted by Crippen LogP contribution is 2.21. The maximum Gasteiger partial charge on any atom is 0.230 e. The minimum atomic E-state index is -0.140. The molecule has 128 valence electrons. The molecule has 0 aliphatic rings. The van der Waals surface area contributed by atoms with Gasteiger partial charge >= 0.3 is 0 Å². The largest absolute Gasteiger partial charge is 0.351 e. The van der Waals surface area contributed by atoms with Crippen LogP contribution in [0.5, 0.6) is 0 Å². The number of tetrazole rings is 1. The summed E-state index contributed by atoms with van der Waals surface area (Å²) in [5.41, 5.74) is 1.64. The summed E-state index contributed by atoms with van der Waals surface area (Å²) in [7, 11) is 0. The number of benzene rings is 2. The van der Waals surface area contributed by atoms with Gasteiger partial charge in [-0.25, -0.2) is 0 Å². The third kappa shape index (κ3) is 4.72. The fourth-order valence-electron chi connectivity index (χ4n) is 2.04. The number of para-hydroxylation sites is 1. The number of halogens is 2. The molecular formula is C16H13Cl2N5OS. The van der Waals surface area contributed by atoms with Crippen molar-refractivity contribution in [3.8, 4) is 5.69 Å². The van der Waals surface area contributed by atoms with Crippen LogP contribution in [0.3, 0.4) is 0 Å². The summed E-state index contributed by atoms with van der Waals surface area (Å²) >= 11 is 13.2. The Hall–Kier alpha value is -2.09. The van der Waals surface area contributed by atoms with E-state index in [0.717, 1.165) is 11.3 Å². The van der Waals surface area contributed by atoms with Crippen molar-refractivity contribution in [3.05, 3.63) is 64.1 Å². The average molecular weight is 394 g/mol. The van der Waals surface area contributed by atoms with E-state index in [4.69, 9.17) is 23.2 Å². The second-order valence-electron chi connectivity index (χ2n) is 5.01. The molecule has 3 rings (SSSR count). The summed E-state index contributed by atoms with van der Waals surface area (Å²) in [6, 6.07) is 14.7. The Balaban J connectivity index is 1.56. The summed E-state index contributed by atoms with van der Waals surface area (Å²) in [6.07, 6.45) is 0. The monoisotopic (exact) mass is 393 g/mol. The number of carbonyl (C=O) groups excluding carboxylic acids is 1. The molecule has 0 spiro atoms. The highest BCUT2D eigenvalue weighted by atomic mass is 35.5. The van der Waals surface area contributed by atoms with Crippen molar-refractivity contribution in [3.63, 3.8) is 0 Å². The van der Waals surface area contributed by atoms with Crippen LogP contribution in [-0.4, -0.2) is 31.9 Å². The third-order valence-corrected chi connectivity index (χ3v) is 4.77. The predicted octanol–water partition coefficient (Wildman–Crippen LogP) is 3.38. The molecule has 0 radical (unpaired) electrons. The van der Waals surface area contributed by atoms with Crippen LogP contribution >= 0.6 is 35.0 Å². The topological polar surface area (TPSA) is 72.7 Å². The van der Waals surface area contributed by atoms with Crippen LogP contribution in [0.2, 0.25) is 10.0 Å². The van der Waals surface area contributed by atoms with Crippen molar-refractivity contribution in [1.29, 1.82) is 0 Å². The van der Waals surface area contributed by atoms with E-state index in [0.29, 0.717) is 21.7 Å². The van der Waals surface area contributed by atoms with Gasteiger partial charge in [0.1, 0.15) is 0 Å². The van der Waals surface area contributed by atoms with Crippen LogP contribution in [-0.2, 0) is 11.3 Å². The maximum atomic E-state index is 12.1. The van der Waals surface area contributed by atoms with Crippen LogP contribution in [0.1, 0.15) is 5.56 Å². The average Bonchev–Trinajstić information content (AvgIpc) is 3.08. The molecule has 0 bridgehead atoms. The summed E-state index contributed by atoms with van der Waals surface area (Å²) in [5, 5.41) is 16.0. The molecule has 0 saturated heterocycles. The number of carbonyl (C=O) groups is 1. The molecule has 1 amide bonds. The van der Waals surface area contributed by atoms with Crippen molar-refractivity contribution in [2.75, 3.05) is 5.75 Å². The zero-order chi connectivity index (χ0) is 17.6. The first-order valence-corrected chi connectivity index (χ1v) is 9.05. The number of thioether (sulfide) groups is 1. The third-order valence-electron chi connectivity index (χ3n) is 3.27. The van der Waals surface area contributed by atoms with Gasteiger partial charge in [0, 0.05) is 16.6 Å². The minimum absolute atomic E-state index is 0.140. The number of amides is 1. The Kier molecular flexibility index (Phi) is 5.91. The van der Waals surface area contributed by atoms with Crippen molar-refractivity contribution >= 4 is 40.9 Å². The Labute approximate surface area is 158 Å². The number of rotatable bonds is 6. The summed E-state index contributed by atoms with van der Waals surface area (Å²) in [4.78, 5) is 12.1. The first kappa shape index (κ1) is 17.7. The molecule has 25 heavy (non-hydrogen) atoms. The van der Waals surface area contributed by atoms with E-state index >= 15 is 0 Å². The fourth-order valence-corrected chi connectivity index (χ4v) is 3.24. The highest BCUT2D eigenvalue weighted by molar-refractivity contribution is 7.99. The Morgan fingerprint density at radius 2 is 1.96 bits per heavy atom. The molecular weight excluding hydrogens is 381 g/mol. The van der Waals surface area contributed by atoms with Crippen LogP contribution in [0.15, 0.2) is 53.7 Å². The molecule has 0 aliphatic heterocycles. The van der Waals surface area contributed by atoms with E-state index in [1.807, 2.05) is 30.3 Å². The van der Waals surface area contributed by atoms with Crippen LogP contribution in [0, 0.1) is 0 Å². The van der Waals surface area contributed by atoms with Crippen LogP contribution < -0.4 is 5.32 Å². The molecule has 0 unspecified atom stereocenters. The van der Waals surface area contributed by atoms with Crippen molar-refractivity contribution in [2.24, 2.45) is 0 Å². The lowest BCUT2D eigenvalue weighted by Gasteiger charge is -2.07. The molecule has 9 heteroatoms. The second kappa shape index (κ2) is 8.33. The van der Waals surface area contributed by atoms with E-state index in [1.54, 1.807) is 22.9 Å². The second-order valence-corrected chi connectivity index (χ2v) is 6.80. The van der Waals surface area contributed by atoms with Gasteiger partial charge in [0.05, 0.1) is 11.4 Å². The fraction of sp³-hybridized carbons (Fsp3) is 0.125. The minimum Gasteiger partial charge on any atom is -0.351 e. The Bertz CT molecular complexity index is 872. The lowest BCUT2D eigenvalue weighted by Crippen LogP contribution is -2.24. The molecule has 2 aromatic carbocycles. The van der Waals surface area contributed by atoms with Crippen LogP contribution in [0.4, 0.5) is 0 Å². The summed E-state index contributed by atoms with van der Waals surface area (Å²) < 4.78 is 1.59. The van der Waals surface area contributed by atoms with Gasteiger partial charge in [0.15, 0.2) is 0 Å². The first-order chi connectivity index (χ1) is 12.1. The normalized spacial score (nSPS) is 10.6. The van der Waals surface area contributed by atoms with Gasteiger partial charge in [-0.2, -0.15) is 4.68 Å². The van der Waals surface area contributed by atoms with E-state index < -0.39 is 0 Å². The lowest BCUT2D eigenvalue weighted by atomic mass is 10.2. The molecule has 0 saturated carbocycles. The van der Waals surface area contributed by atoms with Crippen LogP contribution in [0.25, 0.3) is 5.69 Å². The van der Waals surface area contributed by atoms with Gasteiger partial charge in [-0.1, -0.05) is 59.2 Å². The molecule has 0 atom stereocenters. The van der Waals surface area contributed by atoms with Crippen molar-refractivity contribution < 1.29 is 4.79 Å². The lowest BCUT2D eigenvalue weighted by molar-refractivity contribution is -0.118. The molecule has 1 aromatic heterocycles. The van der Waals surface area contributed by atoms with E-state index in [2.05, 4.69) is 20.8 Å². The molecule has 6 nitrogen and oxygen atoms in total. The molecule has 1 N–H and O–H groups in total. The highest BCUT2D eigenvalue weighted by Gasteiger charge is 2.11. The van der Waals surface area contributed by atoms with E-state index in [1.165, 1.54) is 11.8 Å². The van der Waals surface area contributed by atoms with Crippen molar-refractivity contribution in [1.82, 2.24) is 25.5 Å². The number of nitrogens with zero attached hydrogens (tertiary/aromatic N) is 4. The molecule has 3 aromatic rings. The van der Waals surface area contributed by atoms with Gasteiger partial charge in [-0.05, 0) is 40.3 Å². The van der Waals surface area contributed by atoms with E-state index in [9.17, 15) is 4.79 Å². The van der Waals surface area contributed by atoms with E-state index in [-0.39, 0.29) is 11.7 Å². The standard InChI is InChI=1S/C16H13Cl2N5OS/c17-12-7-6-11(14(18)8-12)9-19-15(24)10-25-16-20-21-22-23(16)13-4-2-1-3-5-13/h1-8H,9-10H2,(H,19,24). The summed E-state index contributed by atoms with van der Waals surface area (Å²) in [6.45, 7) is 0.332. The zero-order valence-corrected chi connectivity index (χ0v) is 15.2. The zero-order valence-electron chi connectivity index (χ0n) is 12.9. The van der Waals surface area contributed by atoms with Crippen molar-refractivity contribution in [2.45, 2.75) is 11.7 Å². The first-order valence-electron chi connectivity index (χ1n) is 7.31. The molecule has 1 heterocycles. The number of aromatic nitrogens is 4. The van der Waals surface area contributed by atoms with Gasteiger partial charge in [0.2, 0.25) is 11.1 Å². The Morgan fingerprint density at radius 3 is 2.72 bits per heavy atom. The Morgan fingerprint density at radius 1 is 1.16 bits per heavy atom. The molecule has 0 fully saturated rings. The SMILES string of the molecule is O=C(CSc1nnnn1-c1ccccc1)NCc1ccc(Cl)cc1Cl. The number of nitrogens with one attached hydrogen (secondary N) is 1. The van der Waals surface area contributed by atoms with Gasteiger partial charge in [-0.15, -0.1) is 5.10 Å². The van der Waals surface area contributed by atoms with Gasteiger partial charge in [0.25, 0.3) is 0 Å². The molecule has 0 aliphatic carbocycles. The summed E-state index contributed by atoms with van der Waals surface area (Å²) in [5.74, 6) is 0.0527. The maximum absolute atomic E-state index is 12.1. The van der Waals surface area contributed by atoms with Gasteiger partial charge in [-0.3, -0.25) is 4.79 Å². The number of hydrogen-bond donors (Lipinski definition) is 1. The quantitative estimate of drug-likeness (QED) is 0.649. The smallest absolute Gasteiger partial charge is 0.230 e. The predicted molar refractivity (Wildman–Crippen MR) is 98.2 cm³/mol. The number of hydrogen-bond acceptors (Lipinski definition) is 5.